The van der Waals surface area contributed by atoms with Gasteiger partial charge in [0, 0.05) is 0 Å². The van der Waals surface area contributed by atoms with Gasteiger partial charge in [-0.2, -0.15) is 0 Å². The van der Waals surface area contributed by atoms with Crippen molar-refractivity contribution in [2.45, 2.75) is 189 Å². The largest absolute Gasteiger partial charge is 0.0656 e. The van der Waals surface area contributed by atoms with E-state index in [1.165, 1.54) is 57.8 Å². The zero-order chi connectivity index (χ0) is 25.9. The van der Waals surface area contributed by atoms with E-state index >= 15 is 0 Å². The summed E-state index contributed by atoms with van der Waals surface area (Å²) >= 11 is 0. The molecule has 29 heavy (non-hydrogen) atoms. The monoisotopic (exact) mass is 425 g/mol. The molecule has 0 heteroatoms. The Balaban J connectivity index is -0.0000000223. The second-order valence-corrected chi connectivity index (χ2v) is 7.46. The first-order chi connectivity index (χ1) is 13.6. The van der Waals surface area contributed by atoms with Gasteiger partial charge in [0.1, 0.15) is 0 Å². The molecule has 0 amide bonds. The summed E-state index contributed by atoms with van der Waals surface area (Å²) in [6, 6.07) is 0. The van der Waals surface area contributed by atoms with Crippen molar-refractivity contribution in [2.24, 2.45) is 5.92 Å². The van der Waals surface area contributed by atoms with Crippen LogP contribution in [0, 0.1) is 5.92 Å². The Morgan fingerprint density at radius 1 is 0.276 bits per heavy atom. The SMILES string of the molecule is CCC.CCC.CCC.CCC.CCC.CCC.CCC.CCC.CCC(C)C. The van der Waals surface area contributed by atoms with E-state index in [-0.39, 0.29) is 0 Å². The topological polar surface area (TPSA) is 0 Å². The Bertz CT molecular complexity index is 60.0. The van der Waals surface area contributed by atoms with Crippen molar-refractivity contribution in [3.05, 3.63) is 0 Å². The molecule has 0 aromatic carbocycles. The van der Waals surface area contributed by atoms with Gasteiger partial charge in [-0.25, -0.2) is 0 Å². The molecule has 0 heterocycles. The van der Waals surface area contributed by atoms with Gasteiger partial charge in [-0.15, -0.1) is 0 Å². The smallest absolute Gasteiger partial charge is 0.0474 e. The number of rotatable bonds is 1. The average molecular weight is 425 g/mol. The van der Waals surface area contributed by atoms with E-state index in [1.807, 2.05) is 0 Å². The third-order valence-electron chi connectivity index (χ3n) is 0.816. The van der Waals surface area contributed by atoms with Crippen molar-refractivity contribution in [2.75, 3.05) is 0 Å². The average Bonchev–Trinajstić information content (AvgIpc) is 2.60. The Morgan fingerprint density at radius 3 is 0.310 bits per heavy atom. The second kappa shape index (κ2) is 142. The van der Waals surface area contributed by atoms with E-state index in [1.54, 1.807) is 0 Å². The molecule has 0 fully saturated rings. The molecule has 0 spiro atoms. The lowest BCUT2D eigenvalue weighted by atomic mass is 10.2. The first-order valence-electron chi connectivity index (χ1n) is 13.6. The predicted molar refractivity (Wildman–Crippen MR) is 153 cm³/mol. The van der Waals surface area contributed by atoms with Crippen molar-refractivity contribution >= 4 is 0 Å². The van der Waals surface area contributed by atoms with Crippen LogP contribution in [0.15, 0.2) is 0 Å². The minimum Gasteiger partial charge on any atom is -0.0656 e. The van der Waals surface area contributed by atoms with Gasteiger partial charge in [-0.3, -0.25) is 0 Å². The molecule has 0 rings (SSSR count). The molecule has 0 radical (unpaired) electrons. The Hall–Kier alpha value is 0. The predicted octanol–water partition coefficient (Wildman–Crippen LogP) is 13.4. The van der Waals surface area contributed by atoms with E-state index in [9.17, 15) is 0 Å². The van der Waals surface area contributed by atoms with Gasteiger partial charge in [0.2, 0.25) is 0 Å². The van der Waals surface area contributed by atoms with Gasteiger partial charge in [-0.05, 0) is 5.92 Å². The Labute approximate surface area is 195 Å². The van der Waals surface area contributed by atoms with E-state index in [4.69, 9.17) is 0 Å². The molecule has 0 aliphatic heterocycles. The Kier molecular flexibility index (Phi) is 278. The fraction of sp³-hybridized carbons (Fsp3) is 1.00. The molecule has 0 unspecified atom stereocenters. The maximum Gasteiger partial charge on any atom is -0.0474 e. The normalized spacial score (nSPS) is 6.62. The van der Waals surface area contributed by atoms with Crippen LogP contribution in [-0.4, -0.2) is 0 Å². The summed E-state index contributed by atoms with van der Waals surface area (Å²) < 4.78 is 0. The molecule has 0 bridgehead atoms. The molecule has 0 aromatic heterocycles. The molecule has 0 nitrogen and oxygen atoms in total. The Morgan fingerprint density at radius 2 is 0.310 bits per heavy atom. The minimum absolute atomic E-state index is 0.884. The fourth-order valence-electron chi connectivity index (χ4n) is 0. The summed E-state index contributed by atoms with van der Waals surface area (Å²) in [4.78, 5) is 0. The number of hydrogen-bond acceptors (Lipinski definition) is 0. The highest BCUT2D eigenvalue weighted by molar-refractivity contribution is 4.32. The molecular weight excluding hydrogens is 348 g/mol. The molecule has 192 valence electrons. The van der Waals surface area contributed by atoms with Crippen LogP contribution in [-0.2, 0) is 0 Å². The first-order valence-corrected chi connectivity index (χ1v) is 13.6. The van der Waals surface area contributed by atoms with Gasteiger partial charge >= 0.3 is 0 Å². The van der Waals surface area contributed by atoms with E-state index in [0.29, 0.717) is 0 Å². The van der Waals surface area contributed by atoms with Crippen LogP contribution in [0.3, 0.4) is 0 Å². The summed E-state index contributed by atoms with van der Waals surface area (Å²) in [6.07, 6.45) is 11.3. The maximum atomic E-state index is 2.22. The van der Waals surface area contributed by atoms with Crippen molar-refractivity contribution in [1.29, 1.82) is 0 Å². The highest BCUT2D eigenvalue weighted by Crippen LogP contribution is 1.93. The van der Waals surface area contributed by atoms with Crippen LogP contribution in [0.1, 0.15) is 189 Å². The van der Waals surface area contributed by atoms with Crippen molar-refractivity contribution in [3.8, 4) is 0 Å². The van der Waals surface area contributed by atoms with Gasteiger partial charge in [0.15, 0.2) is 0 Å². The summed E-state index contributed by atoms with van der Waals surface area (Å²) in [5, 5.41) is 0. The molecule has 0 saturated carbocycles. The third kappa shape index (κ3) is 4730. The van der Waals surface area contributed by atoms with Crippen LogP contribution in [0.4, 0.5) is 0 Å². The van der Waals surface area contributed by atoms with E-state index < -0.39 is 0 Å². The highest BCUT2D eigenvalue weighted by Gasteiger charge is 1.80. The lowest BCUT2D eigenvalue weighted by molar-refractivity contribution is 0.626. The molecular formula is C29H76. The standard InChI is InChI=1S/C5H12.8C3H8/c1-4-5(2)3;8*1-3-2/h5H,4H2,1-3H3;8*3H2,1-2H3. The lowest BCUT2D eigenvalue weighted by Gasteiger charge is -1.90. The van der Waals surface area contributed by atoms with Gasteiger partial charge in [0.25, 0.3) is 0 Å². The molecule has 0 N–H and O–H groups in total. The first kappa shape index (κ1) is 56.8. The number of hydrogen-bond donors (Lipinski definition) is 0. The molecule has 0 saturated heterocycles. The van der Waals surface area contributed by atoms with Crippen molar-refractivity contribution < 1.29 is 0 Å². The van der Waals surface area contributed by atoms with Crippen molar-refractivity contribution in [1.82, 2.24) is 0 Å². The maximum absolute atomic E-state index is 2.22. The minimum atomic E-state index is 0.884. The van der Waals surface area contributed by atoms with Crippen LogP contribution in [0.2, 0.25) is 0 Å². The van der Waals surface area contributed by atoms with Crippen LogP contribution >= 0.6 is 0 Å². The quantitative estimate of drug-likeness (QED) is 0.392. The third-order valence-corrected chi connectivity index (χ3v) is 0.816. The van der Waals surface area contributed by atoms with Gasteiger partial charge in [0.05, 0.1) is 0 Å². The van der Waals surface area contributed by atoms with Gasteiger partial charge < -0.3 is 0 Å². The molecule has 0 aromatic rings. The van der Waals surface area contributed by atoms with Crippen LogP contribution in [0.25, 0.3) is 0 Å². The fourth-order valence-corrected chi connectivity index (χ4v) is 0. The zero-order valence-corrected chi connectivity index (χ0v) is 25.9. The summed E-state index contributed by atoms with van der Waals surface area (Å²) in [5.74, 6) is 0.884. The van der Waals surface area contributed by atoms with Crippen molar-refractivity contribution in [3.63, 3.8) is 0 Å². The lowest BCUT2D eigenvalue weighted by Crippen LogP contribution is -1.77. The molecule has 0 atom stereocenters. The van der Waals surface area contributed by atoms with Gasteiger partial charge in [-0.1, -0.05) is 189 Å². The molecule has 0 aliphatic rings. The van der Waals surface area contributed by atoms with Crippen LogP contribution in [0.5, 0.6) is 0 Å². The zero-order valence-electron chi connectivity index (χ0n) is 25.9. The second-order valence-electron chi connectivity index (χ2n) is 7.46. The summed E-state index contributed by atoms with van der Waals surface area (Å²) in [7, 11) is 0. The molecule has 0 aliphatic carbocycles. The van der Waals surface area contributed by atoms with E-state index in [2.05, 4.69) is 132 Å². The van der Waals surface area contributed by atoms with E-state index in [0.717, 1.165) is 5.92 Å². The summed E-state index contributed by atoms with van der Waals surface area (Å²) in [6.45, 7) is 40.6. The highest BCUT2D eigenvalue weighted by atomic mass is 13.9. The van der Waals surface area contributed by atoms with Crippen LogP contribution < -0.4 is 0 Å². The summed E-state index contributed by atoms with van der Waals surface area (Å²) in [5.41, 5.74) is 0.